The molecule has 1 amide bonds. The lowest BCUT2D eigenvalue weighted by Crippen LogP contribution is -2.32. The van der Waals surface area contributed by atoms with E-state index >= 15 is 0 Å². The highest BCUT2D eigenvalue weighted by molar-refractivity contribution is 5.79. The molecule has 0 saturated heterocycles. The van der Waals surface area contributed by atoms with Crippen molar-refractivity contribution in [2.75, 3.05) is 27.3 Å². The highest BCUT2D eigenvalue weighted by atomic mass is 16.5. The van der Waals surface area contributed by atoms with Gasteiger partial charge >= 0.3 is 0 Å². The Balaban J connectivity index is 2.66. The van der Waals surface area contributed by atoms with E-state index < -0.39 is 0 Å². The minimum atomic E-state index is -0.0492. The zero-order valence-corrected chi connectivity index (χ0v) is 11.7. The molecule has 106 valence electrons. The van der Waals surface area contributed by atoms with Gasteiger partial charge in [0.05, 0.1) is 20.6 Å². The Morgan fingerprint density at radius 2 is 2.11 bits per heavy atom. The van der Waals surface area contributed by atoms with E-state index in [1.54, 1.807) is 26.4 Å². The van der Waals surface area contributed by atoms with Crippen LogP contribution in [0.25, 0.3) is 0 Å². The summed E-state index contributed by atoms with van der Waals surface area (Å²) in [6, 6.07) is 5.41. The van der Waals surface area contributed by atoms with Gasteiger partial charge in [0.25, 0.3) is 0 Å². The van der Waals surface area contributed by atoms with Crippen molar-refractivity contribution in [1.82, 2.24) is 5.32 Å². The third-order valence-electron chi connectivity index (χ3n) is 2.89. The maximum absolute atomic E-state index is 11.9. The highest BCUT2D eigenvalue weighted by Gasteiger charge is 2.10. The highest BCUT2D eigenvalue weighted by Crippen LogP contribution is 2.24. The number of nitrogens with one attached hydrogen (secondary N) is 1. The molecule has 0 radical (unpaired) electrons. The molecular weight excluding hydrogens is 244 g/mol. The molecule has 0 spiro atoms. The lowest BCUT2D eigenvalue weighted by Gasteiger charge is -2.12. The van der Waals surface area contributed by atoms with E-state index in [0.717, 1.165) is 5.56 Å². The van der Waals surface area contributed by atoms with E-state index in [1.807, 2.05) is 13.0 Å². The third-order valence-corrected chi connectivity index (χ3v) is 2.89. The molecule has 0 aromatic heterocycles. The summed E-state index contributed by atoms with van der Waals surface area (Å²) >= 11 is 0. The van der Waals surface area contributed by atoms with E-state index in [-0.39, 0.29) is 18.2 Å². The number of carbonyl (C=O) groups is 1. The van der Waals surface area contributed by atoms with Gasteiger partial charge < -0.3 is 20.5 Å². The Morgan fingerprint density at radius 1 is 1.37 bits per heavy atom. The van der Waals surface area contributed by atoms with Crippen LogP contribution in [0.3, 0.4) is 0 Å². The second-order valence-corrected chi connectivity index (χ2v) is 4.50. The van der Waals surface area contributed by atoms with Crippen molar-refractivity contribution in [2.24, 2.45) is 11.7 Å². The molecule has 0 heterocycles. The van der Waals surface area contributed by atoms with Gasteiger partial charge in [-0.3, -0.25) is 4.79 Å². The second kappa shape index (κ2) is 7.63. The molecule has 0 aliphatic rings. The molecule has 1 rings (SSSR count). The van der Waals surface area contributed by atoms with E-state index in [9.17, 15) is 4.79 Å². The van der Waals surface area contributed by atoms with E-state index in [4.69, 9.17) is 15.2 Å². The summed E-state index contributed by atoms with van der Waals surface area (Å²) in [4.78, 5) is 11.9. The van der Waals surface area contributed by atoms with Crippen molar-refractivity contribution in [1.29, 1.82) is 0 Å². The van der Waals surface area contributed by atoms with Gasteiger partial charge in [-0.2, -0.15) is 0 Å². The van der Waals surface area contributed by atoms with Crippen molar-refractivity contribution < 1.29 is 14.3 Å². The Bertz CT molecular complexity index is 421. The number of benzene rings is 1. The van der Waals surface area contributed by atoms with Crippen LogP contribution in [-0.2, 0) is 11.2 Å². The predicted molar refractivity (Wildman–Crippen MR) is 74.5 cm³/mol. The molecule has 1 aromatic rings. The Hall–Kier alpha value is -1.75. The molecule has 0 fully saturated rings. The smallest absolute Gasteiger partial charge is 0.224 e. The standard InChI is InChI=1S/C14H22N2O3/c1-10(8-15)9-16-14(17)7-11-6-12(18-2)4-5-13(11)19-3/h4-6,10H,7-9,15H2,1-3H3,(H,16,17). The fraction of sp³-hybridized carbons (Fsp3) is 0.500. The average molecular weight is 266 g/mol. The summed E-state index contributed by atoms with van der Waals surface area (Å²) in [6.45, 7) is 3.14. The second-order valence-electron chi connectivity index (χ2n) is 4.50. The zero-order valence-electron chi connectivity index (χ0n) is 11.7. The van der Waals surface area contributed by atoms with Crippen LogP contribution in [0.1, 0.15) is 12.5 Å². The molecule has 5 heteroatoms. The zero-order chi connectivity index (χ0) is 14.3. The molecule has 0 saturated carbocycles. The number of ether oxygens (including phenoxy) is 2. The van der Waals surface area contributed by atoms with Crippen LogP contribution in [-0.4, -0.2) is 33.2 Å². The maximum Gasteiger partial charge on any atom is 0.224 e. The third kappa shape index (κ3) is 4.79. The quantitative estimate of drug-likeness (QED) is 0.771. The van der Waals surface area contributed by atoms with Gasteiger partial charge in [-0.25, -0.2) is 0 Å². The first-order valence-electron chi connectivity index (χ1n) is 6.28. The van der Waals surface area contributed by atoms with Crippen molar-refractivity contribution in [3.8, 4) is 11.5 Å². The number of rotatable bonds is 7. The van der Waals surface area contributed by atoms with Gasteiger partial charge in [0.2, 0.25) is 5.91 Å². The fourth-order valence-corrected chi connectivity index (χ4v) is 1.63. The van der Waals surface area contributed by atoms with Crippen molar-refractivity contribution >= 4 is 5.91 Å². The minimum Gasteiger partial charge on any atom is -0.497 e. The molecule has 0 aliphatic carbocycles. The Kier molecular flexibility index (Phi) is 6.15. The summed E-state index contributed by atoms with van der Waals surface area (Å²) in [5.74, 6) is 1.62. The first kappa shape index (κ1) is 15.3. The SMILES string of the molecule is COc1ccc(OC)c(CC(=O)NCC(C)CN)c1. The molecule has 1 aromatic carbocycles. The molecule has 0 bridgehead atoms. The summed E-state index contributed by atoms with van der Waals surface area (Å²) < 4.78 is 10.4. The van der Waals surface area contributed by atoms with E-state index in [0.29, 0.717) is 24.6 Å². The lowest BCUT2D eigenvalue weighted by molar-refractivity contribution is -0.120. The maximum atomic E-state index is 11.9. The van der Waals surface area contributed by atoms with Crippen LogP contribution in [0.5, 0.6) is 11.5 Å². The van der Waals surface area contributed by atoms with Gasteiger partial charge in [-0.05, 0) is 30.7 Å². The number of amides is 1. The predicted octanol–water partition coefficient (Wildman–Crippen LogP) is 0.957. The van der Waals surface area contributed by atoms with Gasteiger partial charge in [0.1, 0.15) is 11.5 Å². The van der Waals surface area contributed by atoms with Crippen LogP contribution in [0.4, 0.5) is 0 Å². The summed E-state index contributed by atoms with van der Waals surface area (Å²) in [5.41, 5.74) is 6.31. The van der Waals surface area contributed by atoms with Crippen LogP contribution in [0, 0.1) is 5.92 Å². The summed E-state index contributed by atoms with van der Waals surface area (Å²) in [6.07, 6.45) is 0.262. The monoisotopic (exact) mass is 266 g/mol. The summed E-state index contributed by atoms with van der Waals surface area (Å²) in [5, 5.41) is 2.86. The Morgan fingerprint density at radius 3 is 2.68 bits per heavy atom. The molecular formula is C14H22N2O3. The van der Waals surface area contributed by atoms with Gasteiger partial charge in [0.15, 0.2) is 0 Å². The summed E-state index contributed by atoms with van der Waals surface area (Å²) in [7, 11) is 3.17. The minimum absolute atomic E-state index is 0.0492. The van der Waals surface area contributed by atoms with Crippen molar-refractivity contribution in [3.63, 3.8) is 0 Å². The number of carbonyl (C=O) groups excluding carboxylic acids is 1. The fourth-order valence-electron chi connectivity index (χ4n) is 1.63. The molecule has 19 heavy (non-hydrogen) atoms. The van der Waals surface area contributed by atoms with E-state index in [1.165, 1.54) is 0 Å². The van der Waals surface area contributed by atoms with Crippen LogP contribution in [0.2, 0.25) is 0 Å². The normalized spacial score (nSPS) is 11.8. The number of hydrogen-bond donors (Lipinski definition) is 2. The molecule has 3 N–H and O–H groups in total. The molecule has 0 aliphatic heterocycles. The van der Waals surface area contributed by atoms with Crippen molar-refractivity contribution in [3.05, 3.63) is 23.8 Å². The van der Waals surface area contributed by atoms with Gasteiger partial charge in [-0.1, -0.05) is 6.92 Å². The molecule has 1 atom stereocenters. The first-order valence-corrected chi connectivity index (χ1v) is 6.28. The Labute approximate surface area is 114 Å². The number of hydrogen-bond acceptors (Lipinski definition) is 4. The van der Waals surface area contributed by atoms with Gasteiger partial charge in [-0.15, -0.1) is 0 Å². The number of methoxy groups -OCH3 is 2. The van der Waals surface area contributed by atoms with Gasteiger partial charge in [0, 0.05) is 12.1 Å². The molecule has 5 nitrogen and oxygen atoms in total. The van der Waals surface area contributed by atoms with Crippen LogP contribution in [0.15, 0.2) is 18.2 Å². The first-order chi connectivity index (χ1) is 9.10. The van der Waals surface area contributed by atoms with E-state index in [2.05, 4.69) is 5.32 Å². The average Bonchev–Trinajstić information content (AvgIpc) is 2.44. The molecule has 1 unspecified atom stereocenters. The largest absolute Gasteiger partial charge is 0.497 e. The van der Waals surface area contributed by atoms with Crippen molar-refractivity contribution in [2.45, 2.75) is 13.3 Å². The van der Waals surface area contributed by atoms with Crippen LogP contribution < -0.4 is 20.5 Å². The van der Waals surface area contributed by atoms with Crippen LogP contribution >= 0.6 is 0 Å². The topological polar surface area (TPSA) is 73.6 Å². The number of nitrogens with two attached hydrogens (primary N) is 1. The lowest BCUT2D eigenvalue weighted by atomic mass is 10.1.